The fourth-order valence-corrected chi connectivity index (χ4v) is 3.41. The van der Waals surface area contributed by atoms with Gasteiger partial charge in [-0.2, -0.15) is 0 Å². The molecule has 0 spiro atoms. The van der Waals surface area contributed by atoms with Gasteiger partial charge in [0.05, 0.1) is 11.4 Å². The molecule has 7 nitrogen and oxygen atoms in total. The van der Waals surface area contributed by atoms with Crippen molar-refractivity contribution in [1.29, 1.82) is 0 Å². The molecule has 0 saturated carbocycles. The topological polar surface area (TPSA) is 79.9 Å². The van der Waals surface area contributed by atoms with Crippen LogP contribution in [0.1, 0.15) is 26.3 Å². The number of anilines is 2. The third-order valence-electron chi connectivity index (χ3n) is 4.48. The number of carbonyl (C=O) groups is 2. The lowest BCUT2D eigenvalue weighted by atomic mass is 10.2. The third kappa shape index (κ3) is 6.42. The molecule has 164 valence electrons. The molecular formula is C23H27N3O4S. The van der Waals surface area contributed by atoms with Crippen LogP contribution in [0.4, 0.5) is 16.2 Å². The summed E-state index contributed by atoms with van der Waals surface area (Å²) in [4.78, 5) is 27.0. The lowest BCUT2D eigenvalue weighted by Crippen LogP contribution is -2.51. The van der Waals surface area contributed by atoms with Crippen LogP contribution >= 0.6 is 12.2 Å². The first-order valence-corrected chi connectivity index (χ1v) is 10.5. The van der Waals surface area contributed by atoms with Crippen molar-refractivity contribution in [3.63, 3.8) is 0 Å². The highest BCUT2D eigenvalue weighted by atomic mass is 32.1. The molecule has 1 aliphatic heterocycles. The van der Waals surface area contributed by atoms with Crippen molar-refractivity contribution in [2.24, 2.45) is 0 Å². The van der Waals surface area contributed by atoms with E-state index in [0.717, 1.165) is 16.9 Å². The number of alkyl carbamates (subject to hydrolysis) is 1. The molecule has 0 bridgehead atoms. The lowest BCUT2D eigenvalue weighted by Gasteiger charge is -2.28. The normalized spacial score (nSPS) is 15.9. The summed E-state index contributed by atoms with van der Waals surface area (Å²) in [6.07, 6.45) is -0.570. The van der Waals surface area contributed by atoms with Crippen LogP contribution in [-0.2, 0) is 20.9 Å². The highest BCUT2D eigenvalue weighted by Gasteiger charge is 2.31. The van der Waals surface area contributed by atoms with Crippen LogP contribution in [0.25, 0.3) is 0 Å². The second-order valence-corrected chi connectivity index (χ2v) is 8.59. The van der Waals surface area contributed by atoms with Crippen LogP contribution in [0.15, 0.2) is 54.6 Å². The number of rotatable bonds is 5. The van der Waals surface area contributed by atoms with Crippen LogP contribution in [0.2, 0.25) is 0 Å². The van der Waals surface area contributed by atoms with Crippen molar-refractivity contribution >= 4 is 40.6 Å². The molecular weight excluding hydrogens is 414 g/mol. The zero-order valence-electron chi connectivity index (χ0n) is 17.9. The van der Waals surface area contributed by atoms with Gasteiger partial charge in [0.2, 0.25) is 0 Å². The number of hydrogen-bond acceptors (Lipinski definition) is 6. The molecule has 1 atom stereocenters. The number of para-hydroxylation sites is 2. The molecule has 0 fully saturated rings. The number of fused-ring (bicyclic) bond motifs is 1. The fourth-order valence-electron chi connectivity index (χ4n) is 3.10. The SMILES string of the molecule is CC(C)(C)OC(=O)N[C@H]1CNc2ccccc2N(CC(=O)OCc2ccccc2)C1=S. The standard InChI is InChI=1S/C23H27N3O4S/c1-23(2,3)30-22(28)25-18-13-24-17-11-7-8-12-19(17)26(21(18)31)14-20(27)29-15-16-9-5-4-6-10-16/h4-12,18,24H,13-15H2,1-3H3,(H,25,28)/t18-/m0/s1. The first-order chi connectivity index (χ1) is 14.7. The van der Waals surface area contributed by atoms with Crippen molar-refractivity contribution in [2.45, 2.75) is 39.0 Å². The summed E-state index contributed by atoms with van der Waals surface area (Å²) < 4.78 is 10.8. The molecule has 1 heterocycles. The Morgan fingerprint density at radius 3 is 2.52 bits per heavy atom. The summed E-state index contributed by atoms with van der Waals surface area (Å²) in [6.45, 7) is 5.85. The van der Waals surface area contributed by atoms with Gasteiger partial charge in [0.1, 0.15) is 29.8 Å². The molecule has 0 saturated heterocycles. The number of nitrogens with one attached hydrogen (secondary N) is 2. The van der Waals surface area contributed by atoms with Gasteiger partial charge in [0.15, 0.2) is 0 Å². The molecule has 0 unspecified atom stereocenters. The van der Waals surface area contributed by atoms with Gasteiger partial charge in [-0.05, 0) is 38.5 Å². The van der Waals surface area contributed by atoms with Crippen LogP contribution < -0.4 is 15.5 Å². The number of thiocarbonyl (C=S) groups is 1. The van der Waals surface area contributed by atoms with Gasteiger partial charge in [0.25, 0.3) is 0 Å². The molecule has 0 aliphatic carbocycles. The third-order valence-corrected chi connectivity index (χ3v) is 4.98. The molecule has 8 heteroatoms. The van der Waals surface area contributed by atoms with Crippen LogP contribution in [0, 0.1) is 0 Å². The zero-order chi connectivity index (χ0) is 22.4. The maximum atomic E-state index is 12.6. The van der Waals surface area contributed by atoms with E-state index in [1.54, 1.807) is 25.7 Å². The largest absolute Gasteiger partial charge is 0.459 e. The van der Waals surface area contributed by atoms with Crippen LogP contribution in [0.3, 0.4) is 0 Å². The molecule has 2 aromatic carbocycles. The van der Waals surface area contributed by atoms with Crippen molar-refractivity contribution in [2.75, 3.05) is 23.3 Å². The van der Waals surface area contributed by atoms with Crippen LogP contribution in [-0.4, -0.2) is 41.8 Å². The quantitative estimate of drug-likeness (QED) is 0.538. The van der Waals surface area contributed by atoms with Crippen molar-refractivity contribution < 1.29 is 19.1 Å². The Morgan fingerprint density at radius 2 is 1.81 bits per heavy atom. The zero-order valence-corrected chi connectivity index (χ0v) is 18.7. The van der Waals surface area contributed by atoms with E-state index < -0.39 is 23.7 Å². The number of carbonyl (C=O) groups excluding carboxylic acids is 2. The summed E-state index contributed by atoms with van der Waals surface area (Å²) in [5, 5.41) is 6.09. The number of esters is 1. The van der Waals surface area contributed by atoms with Crippen molar-refractivity contribution in [1.82, 2.24) is 5.32 Å². The monoisotopic (exact) mass is 441 g/mol. The Labute approximate surface area is 187 Å². The summed E-state index contributed by atoms with van der Waals surface area (Å²) in [5.74, 6) is -0.418. The van der Waals surface area contributed by atoms with Gasteiger partial charge in [0, 0.05) is 6.54 Å². The molecule has 1 aliphatic rings. The van der Waals surface area contributed by atoms with E-state index in [9.17, 15) is 9.59 Å². The minimum absolute atomic E-state index is 0.0726. The predicted octanol–water partition coefficient (Wildman–Crippen LogP) is 3.88. The van der Waals surface area contributed by atoms with Crippen molar-refractivity contribution in [3.8, 4) is 0 Å². The molecule has 31 heavy (non-hydrogen) atoms. The molecule has 0 aromatic heterocycles. The Morgan fingerprint density at radius 1 is 1.13 bits per heavy atom. The van der Waals surface area contributed by atoms with Crippen molar-refractivity contribution in [3.05, 3.63) is 60.2 Å². The van der Waals surface area contributed by atoms with Gasteiger partial charge in [-0.1, -0.05) is 54.7 Å². The Hall–Kier alpha value is -3.13. The van der Waals surface area contributed by atoms with E-state index in [2.05, 4.69) is 10.6 Å². The minimum atomic E-state index is -0.631. The van der Waals surface area contributed by atoms with Gasteiger partial charge in [-0.3, -0.25) is 4.79 Å². The maximum absolute atomic E-state index is 12.6. The Kier molecular flexibility index (Phi) is 7.12. The second kappa shape index (κ2) is 9.78. The number of ether oxygens (including phenoxy) is 2. The summed E-state index contributed by atoms with van der Waals surface area (Å²) in [6, 6.07) is 16.5. The van der Waals surface area contributed by atoms with E-state index in [1.165, 1.54) is 0 Å². The molecule has 0 radical (unpaired) electrons. The number of amides is 1. The smallest absolute Gasteiger partial charge is 0.408 e. The highest BCUT2D eigenvalue weighted by molar-refractivity contribution is 7.80. The molecule has 3 rings (SSSR count). The number of nitrogens with zero attached hydrogens (tertiary/aromatic N) is 1. The maximum Gasteiger partial charge on any atom is 0.408 e. The van der Waals surface area contributed by atoms with Gasteiger partial charge in [-0.25, -0.2) is 4.79 Å². The first kappa shape index (κ1) is 22.6. The molecule has 2 N–H and O–H groups in total. The summed E-state index contributed by atoms with van der Waals surface area (Å²) in [5.41, 5.74) is 1.83. The predicted molar refractivity (Wildman–Crippen MR) is 124 cm³/mol. The number of hydrogen-bond donors (Lipinski definition) is 2. The summed E-state index contributed by atoms with van der Waals surface area (Å²) in [7, 11) is 0. The van der Waals surface area contributed by atoms with Gasteiger partial charge >= 0.3 is 12.1 Å². The second-order valence-electron chi connectivity index (χ2n) is 8.17. The van der Waals surface area contributed by atoms with E-state index in [-0.39, 0.29) is 13.2 Å². The highest BCUT2D eigenvalue weighted by Crippen LogP contribution is 2.29. The van der Waals surface area contributed by atoms with Crippen LogP contribution in [0.5, 0.6) is 0 Å². The molecule has 2 aromatic rings. The first-order valence-electron chi connectivity index (χ1n) is 10.1. The van der Waals surface area contributed by atoms with E-state index in [0.29, 0.717) is 11.5 Å². The average Bonchev–Trinajstić information content (AvgIpc) is 2.84. The fraction of sp³-hybridized carbons (Fsp3) is 0.348. The van der Waals surface area contributed by atoms with E-state index >= 15 is 0 Å². The van der Waals surface area contributed by atoms with E-state index in [4.69, 9.17) is 21.7 Å². The number of benzene rings is 2. The van der Waals surface area contributed by atoms with Gasteiger partial charge in [-0.15, -0.1) is 0 Å². The van der Waals surface area contributed by atoms with E-state index in [1.807, 2.05) is 54.6 Å². The lowest BCUT2D eigenvalue weighted by molar-refractivity contribution is -0.143. The van der Waals surface area contributed by atoms with Gasteiger partial charge < -0.3 is 25.0 Å². The Balaban J connectivity index is 1.73. The molecule has 1 amide bonds. The Bertz CT molecular complexity index is 943. The summed E-state index contributed by atoms with van der Waals surface area (Å²) >= 11 is 5.68. The minimum Gasteiger partial charge on any atom is -0.459 e. The average molecular weight is 442 g/mol.